The second kappa shape index (κ2) is 9.90. The van der Waals surface area contributed by atoms with Crippen LogP contribution in [0.3, 0.4) is 0 Å². The van der Waals surface area contributed by atoms with E-state index in [2.05, 4.69) is 44.8 Å². The zero-order chi connectivity index (χ0) is 25.3. The van der Waals surface area contributed by atoms with E-state index in [-0.39, 0.29) is 24.1 Å². The number of nitrogens with zero attached hydrogens (tertiary/aromatic N) is 1. The first-order valence-electron chi connectivity index (χ1n) is 11.8. The molecule has 0 aliphatic carbocycles. The van der Waals surface area contributed by atoms with Gasteiger partial charge in [-0.25, -0.2) is 4.79 Å². The Balaban J connectivity index is 1.42. The van der Waals surface area contributed by atoms with E-state index < -0.39 is 5.60 Å². The van der Waals surface area contributed by atoms with Crippen molar-refractivity contribution in [3.8, 4) is 0 Å². The predicted octanol–water partition coefficient (Wildman–Crippen LogP) is 6.43. The van der Waals surface area contributed by atoms with Crippen molar-refractivity contribution in [1.82, 2.24) is 10.2 Å². The molecule has 0 radical (unpaired) electrons. The second-order valence-corrected chi connectivity index (χ2v) is 11.0. The first kappa shape index (κ1) is 25.0. The van der Waals surface area contributed by atoms with E-state index in [1.54, 1.807) is 4.90 Å². The Bertz CT molecular complexity index is 1260. The predicted molar refractivity (Wildman–Crippen MR) is 144 cm³/mol. The number of aryl methyl sites for hydroxylation is 1. The van der Waals surface area contributed by atoms with Gasteiger partial charge < -0.3 is 20.3 Å². The maximum absolute atomic E-state index is 13.2. The number of benzene rings is 3. The van der Waals surface area contributed by atoms with Gasteiger partial charge in [0, 0.05) is 28.8 Å². The largest absolute Gasteiger partial charge is 0.444 e. The maximum atomic E-state index is 13.2. The van der Waals surface area contributed by atoms with Gasteiger partial charge in [0.05, 0.1) is 12.1 Å². The Morgan fingerprint density at radius 1 is 1.06 bits per heavy atom. The second-order valence-electron chi connectivity index (χ2n) is 10.1. The van der Waals surface area contributed by atoms with E-state index in [1.807, 2.05) is 71.0 Å². The van der Waals surface area contributed by atoms with Crippen LogP contribution < -0.4 is 10.6 Å². The number of rotatable bonds is 5. The lowest BCUT2D eigenvalue weighted by Gasteiger charge is -2.40. The molecule has 1 saturated heterocycles. The Morgan fingerprint density at radius 2 is 1.74 bits per heavy atom. The van der Waals surface area contributed by atoms with E-state index in [0.29, 0.717) is 18.7 Å². The van der Waals surface area contributed by atoms with Gasteiger partial charge in [0.1, 0.15) is 5.60 Å². The molecule has 3 aromatic carbocycles. The Labute approximate surface area is 215 Å². The zero-order valence-electron chi connectivity index (χ0n) is 20.8. The van der Waals surface area contributed by atoms with Crippen LogP contribution in [0.4, 0.5) is 10.5 Å². The molecular weight excluding hydrogens is 506 g/mol. The molecule has 0 bridgehead atoms. The molecule has 2 amide bonds. The van der Waals surface area contributed by atoms with Gasteiger partial charge in [-0.15, -0.1) is 0 Å². The first-order valence-corrected chi connectivity index (χ1v) is 12.6. The van der Waals surface area contributed by atoms with Crippen LogP contribution in [0.5, 0.6) is 0 Å². The van der Waals surface area contributed by atoms with E-state index in [9.17, 15) is 9.59 Å². The van der Waals surface area contributed by atoms with Gasteiger partial charge in [-0.2, -0.15) is 0 Å². The van der Waals surface area contributed by atoms with Gasteiger partial charge in [0.2, 0.25) is 0 Å². The topological polar surface area (TPSA) is 70.7 Å². The molecule has 6 nitrogen and oxygen atoms in total. The maximum Gasteiger partial charge on any atom is 0.410 e. The van der Waals surface area contributed by atoms with Crippen LogP contribution in [0.15, 0.2) is 59.1 Å². The number of anilines is 1. The van der Waals surface area contributed by atoms with Crippen LogP contribution in [0.2, 0.25) is 0 Å². The molecule has 2 N–H and O–H groups in total. The molecule has 1 atom stereocenters. The molecule has 1 aliphatic rings. The molecule has 3 aromatic rings. The third-order valence-corrected chi connectivity index (χ3v) is 6.80. The molecule has 0 unspecified atom stereocenters. The molecule has 4 rings (SSSR count). The molecule has 1 heterocycles. The fourth-order valence-electron chi connectivity index (χ4n) is 4.25. The van der Waals surface area contributed by atoms with Gasteiger partial charge in [0.15, 0.2) is 0 Å². The number of carbonyl (C=O) groups is 2. The number of carbonyl (C=O) groups excluding carboxylic acids is 2. The number of fused-ring (bicyclic) bond motifs is 1. The minimum atomic E-state index is -0.505. The Hall–Kier alpha value is -3.06. The lowest BCUT2D eigenvalue weighted by molar-refractivity contribution is 0.0105. The van der Waals surface area contributed by atoms with Gasteiger partial charge in [0.25, 0.3) is 5.91 Å². The molecule has 184 valence electrons. The summed E-state index contributed by atoms with van der Waals surface area (Å²) in [6, 6.07) is 18.0. The van der Waals surface area contributed by atoms with Crippen molar-refractivity contribution in [2.45, 2.75) is 52.3 Å². The smallest absolute Gasteiger partial charge is 0.410 e. The number of ether oxygens (including phenoxy) is 1. The van der Waals surface area contributed by atoms with Crippen molar-refractivity contribution in [2.75, 3.05) is 18.4 Å². The van der Waals surface area contributed by atoms with Gasteiger partial charge in [-0.1, -0.05) is 52.3 Å². The summed E-state index contributed by atoms with van der Waals surface area (Å²) in [6.45, 7) is 10.7. The number of nitrogens with one attached hydrogen (secondary N) is 2. The van der Waals surface area contributed by atoms with Crippen molar-refractivity contribution in [1.29, 1.82) is 0 Å². The Kier molecular flexibility index (Phi) is 7.08. The lowest BCUT2D eigenvalue weighted by Crippen LogP contribution is -2.57. The van der Waals surface area contributed by atoms with Crippen LogP contribution in [0, 0.1) is 6.92 Å². The van der Waals surface area contributed by atoms with E-state index in [4.69, 9.17) is 4.74 Å². The molecule has 1 aliphatic heterocycles. The quantitative estimate of drug-likeness (QED) is 0.393. The van der Waals surface area contributed by atoms with Crippen LogP contribution >= 0.6 is 15.9 Å². The normalized spacial score (nSPS) is 14.9. The highest BCUT2D eigenvalue weighted by molar-refractivity contribution is 9.10. The number of hydrogen-bond donors (Lipinski definition) is 2. The van der Waals surface area contributed by atoms with Gasteiger partial charge >= 0.3 is 6.09 Å². The highest BCUT2D eigenvalue weighted by Gasteiger charge is 2.33. The molecule has 0 spiro atoms. The van der Waals surface area contributed by atoms with E-state index >= 15 is 0 Å². The van der Waals surface area contributed by atoms with Crippen LogP contribution in [-0.4, -0.2) is 41.6 Å². The lowest BCUT2D eigenvalue weighted by atomic mass is 9.99. The summed E-state index contributed by atoms with van der Waals surface area (Å²) < 4.78 is 6.45. The number of likely N-dealkylation sites (tertiary alicyclic amines) is 1. The summed E-state index contributed by atoms with van der Waals surface area (Å²) in [4.78, 5) is 27.1. The summed E-state index contributed by atoms with van der Waals surface area (Å²) in [5, 5.41) is 8.83. The molecule has 1 fully saturated rings. The van der Waals surface area contributed by atoms with Crippen molar-refractivity contribution in [3.63, 3.8) is 0 Å². The van der Waals surface area contributed by atoms with Crippen LogP contribution in [0.25, 0.3) is 10.8 Å². The number of halogens is 1. The highest BCUT2D eigenvalue weighted by atomic mass is 79.9. The molecule has 0 saturated carbocycles. The monoisotopic (exact) mass is 537 g/mol. The summed E-state index contributed by atoms with van der Waals surface area (Å²) in [5.41, 5.74) is 2.96. The third kappa shape index (κ3) is 5.78. The SMILES string of the molecule is Cc1ccc(NC2CN(C(=O)OC(C)(C)C)C2)cc1C(=O)N[C@H](C)c1ccc(Br)c2ccccc12. The van der Waals surface area contributed by atoms with Gasteiger partial charge in [-0.05, 0) is 74.7 Å². The summed E-state index contributed by atoms with van der Waals surface area (Å²) in [5.74, 6) is -0.116. The highest BCUT2D eigenvalue weighted by Crippen LogP contribution is 2.30. The van der Waals surface area contributed by atoms with Crippen LogP contribution in [-0.2, 0) is 4.74 Å². The summed E-state index contributed by atoms with van der Waals surface area (Å²) in [6.07, 6.45) is -0.297. The molecule has 7 heteroatoms. The Morgan fingerprint density at radius 3 is 2.43 bits per heavy atom. The van der Waals surface area contributed by atoms with Crippen LogP contribution in [0.1, 0.15) is 55.2 Å². The van der Waals surface area contributed by atoms with Crippen molar-refractivity contribution in [2.24, 2.45) is 0 Å². The van der Waals surface area contributed by atoms with Gasteiger partial charge in [-0.3, -0.25) is 4.79 Å². The third-order valence-electron chi connectivity index (χ3n) is 6.10. The molecular formula is C28H32BrN3O3. The minimum Gasteiger partial charge on any atom is -0.444 e. The summed E-state index contributed by atoms with van der Waals surface area (Å²) in [7, 11) is 0. The first-order chi connectivity index (χ1) is 16.5. The zero-order valence-corrected chi connectivity index (χ0v) is 22.4. The average molecular weight is 538 g/mol. The van der Waals surface area contributed by atoms with E-state index in [1.165, 1.54) is 0 Å². The molecule has 0 aromatic heterocycles. The van der Waals surface area contributed by atoms with Crippen molar-refractivity contribution < 1.29 is 14.3 Å². The fourth-order valence-corrected chi connectivity index (χ4v) is 4.73. The fraction of sp³-hybridized carbons (Fsp3) is 0.357. The number of amides is 2. The minimum absolute atomic E-state index is 0.116. The number of hydrogen-bond acceptors (Lipinski definition) is 4. The summed E-state index contributed by atoms with van der Waals surface area (Å²) >= 11 is 3.62. The average Bonchev–Trinajstić information content (AvgIpc) is 2.76. The standard InChI is InChI=1S/C28H32BrN3O3/c1-17-10-11-19(31-20-15-32(16-20)27(34)35-28(3,4)5)14-24(17)26(33)30-18(2)21-12-13-25(29)23-9-7-6-8-22(21)23/h6-14,18,20,31H,15-16H2,1-5H3,(H,30,33)/t18-/m1/s1. The van der Waals surface area contributed by atoms with E-state index in [0.717, 1.165) is 32.1 Å². The van der Waals surface area contributed by atoms with Crippen molar-refractivity contribution >= 4 is 44.4 Å². The van der Waals surface area contributed by atoms with Crippen molar-refractivity contribution in [3.05, 3.63) is 75.8 Å². The molecule has 35 heavy (non-hydrogen) atoms.